The number of rotatable bonds is 0. The summed E-state index contributed by atoms with van der Waals surface area (Å²) in [5, 5.41) is 34.8. The van der Waals surface area contributed by atoms with Gasteiger partial charge in [-0.3, -0.25) is 0 Å². The van der Waals surface area contributed by atoms with Crippen LogP contribution in [0.25, 0.3) is 0 Å². The van der Waals surface area contributed by atoms with E-state index in [0.717, 1.165) is 0 Å². The van der Waals surface area contributed by atoms with Crippen LogP contribution in [0.5, 0.6) is 0 Å². The Labute approximate surface area is 92.4 Å². The maximum atomic E-state index is 8.71. The van der Waals surface area contributed by atoms with E-state index in [1.54, 1.807) is 0 Å². The fourth-order valence-corrected chi connectivity index (χ4v) is 0. The Bertz CT molecular complexity index is 32.1. The van der Waals surface area contributed by atoms with E-state index in [-0.39, 0.29) is 21.7 Å². The van der Waals surface area contributed by atoms with E-state index >= 15 is 0 Å². The van der Waals surface area contributed by atoms with Gasteiger partial charge in [0.1, 0.15) is 0 Å². The molecule has 0 heterocycles. The van der Waals surface area contributed by atoms with E-state index in [9.17, 15) is 0 Å². The number of hydrogen-bond acceptors (Lipinski definition) is 8. The minimum atomic E-state index is -0.500. The molecular weight excluding hydrogens is 216 g/mol. The van der Waals surface area contributed by atoms with Crippen molar-refractivity contribution in [1.29, 1.82) is 0 Å². The van der Waals surface area contributed by atoms with Gasteiger partial charge < -0.3 is 43.4 Å². The molecule has 0 spiro atoms. The Kier molecular flexibility index (Phi) is 187. The van der Waals surface area contributed by atoms with Gasteiger partial charge >= 0.3 is 21.7 Å². The monoisotopic (exact) mass is 232 g/mol. The van der Waals surface area contributed by atoms with Crippen LogP contribution in [0.3, 0.4) is 0 Å². The molecule has 0 saturated heterocycles. The van der Waals surface area contributed by atoms with Crippen LogP contribution in [0.1, 0.15) is 0 Å². The normalized spacial score (nSPS) is 5.54. The first-order valence-corrected chi connectivity index (χ1v) is 2.79. The second-order valence-corrected chi connectivity index (χ2v) is 0.667. The summed E-state index contributed by atoms with van der Waals surface area (Å²) < 4.78 is 0. The maximum absolute atomic E-state index is 8.71. The van der Waals surface area contributed by atoms with Crippen LogP contribution in [0.2, 0.25) is 0 Å². The van der Waals surface area contributed by atoms with Crippen LogP contribution in [0.4, 0.5) is 0 Å². The van der Waals surface area contributed by atoms with Crippen molar-refractivity contribution in [2.24, 2.45) is 22.9 Å². The van der Waals surface area contributed by atoms with Gasteiger partial charge in [-0.05, 0) is 0 Å². The summed E-state index contributed by atoms with van der Waals surface area (Å²) in [6, 6.07) is 0. The third kappa shape index (κ3) is 8610. The predicted molar refractivity (Wildman–Crippen MR) is 36.2 cm³/mol. The van der Waals surface area contributed by atoms with Gasteiger partial charge in [-0.1, -0.05) is 26.9 Å². The zero-order chi connectivity index (χ0) is 10.8. The zero-order valence-electron chi connectivity index (χ0n) is 7.27. The Morgan fingerprint density at radius 2 is 0.538 bits per heavy atom. The van der Waals surface area contributed by atoms with Gasteiger partial charge in [-0.25, -0.2) is 0 Å². The molecule has 0 aliphatic rings. The minimum absolute atomic E-state index is 0. The maximum Gasteiger partial charge on any atom is 4.00 e. The molecule has 0 saturated carbocycles. The van der Waals surface area contributed by atoms with E-state index < -0.39 is 26.9 Å². The molecule has 0 fully saturated rings. The molecule has 0 aromatic heterocycles. The molecule has 0 unspecified atom stereocenters. The molecular formula is C4H16N4O4Ti. The molecule has 13 heavy (non-hydrogen) atoms. The molecule has 0 amide bonds. The first-order valence-electron chi connectivity index (χ1n) is 2.79. The van der Waals surface area contributed by atoms with Crippen LogP contribution in [-0.4, -0.2) is 26.9 Å². The Balaban J connectivity index is -0.0000000213. The van der Waals surface area contributed by atoms with Gasteiger partial charge in [-0.2, -0.15) is 0 Å². The van der Waals surface area contributed by atoms with Gasteiger partial charge in [0, 0.05) is 0 Å². The zero-order valence-corrected chi connectivity index (χ0v) is 8.83. The van der Waals surface area contributed by atoms with E-state index in [1.807, 2.05) is 0 Å². The summed E-state index contributed by atoms with van der Waals surface area (Å²) in [6.07, 6.45) is 0. The first kappa shape index (κ1) is 29.2. The molecule has 0 aromatic carbocycles. The van der Waals surface area contributed by atoms with Crippen LogP contribution in [0, 0.1) is 0 Å². The summed E-state index contributed by atoms with van der Waals surface area (Å²) >= 11 is 0. The second-order valence-electron chi connectivity index (χ2n) is 0.667. The van der Waals surface area contributed by atoms with Crippen molar-refractivity contribution in [1.82, 2.24) is 0 Å². The molecule has 0 aliphatic heterocycles. The number of nitrogens with two attached hydrogens (primary N) is 4. The average molecular weight is 232 g/mol. The van der Waals surface area contributed by atoms with Crippen molar-refractivity contribution in [3.05, 3.63) is 0 Å². The van der Waals surface area contributed by atoms with Gasteiger partial charge in [0.25, 0.3) is 0 Å². The third-order valence-electron chi connectivity index (χ3n) is 0. The molecule has 8 nitrogen and oxygen atoms in total. The molecule has 0 atom stereocenters. The van der Waals surface area contributed by atoms with E-state index in [1.165, 1.54) is 0 Å². The SMILES string of the molecule is NC[O-].NC[O-].NC[O-].NC[O-].[Ti+4]. The summed E-state index contributed by atoms with van der Waals surface area (Å²) in [6.45, 7) is -2.00. The van der Waals surface area contributed by atoms with E-state index in [4.69, 9.17) is 20.4 Å². The van der Waals surface area contributed by atoms with Crippen molar-refractivity contribution >= 4 is 0 Å². The van der Waals surface area contributed by atoms with E-state index in [2.05, 4.69) is 22.9 Å². The van der Waals surface area contributed by atoms with Crippen molar-refractivity contribution in [2.75, 3.05) is 26.9 Å². The first-order chi connectivity index (χ1) is 5.66. The molecule has 0 radical (unpaired) electrons. The summed E-state index contributed by atoms with van der Waals surface area (Å²) in [4.78, 5) is 0. The number of hydrogen-bond donors (Lipinski definition) is 4. The summed E-state index contributed by atoms with van der Waals surface area (Å²) in [5.41, 5.74) is 17.2. The van der Waals surface area contributed by atoms with Crippen LogP contribution in [0.15, 0.2) is 0 Å². The molecule has 80 valence electrons. The predicted octanol–water partition coefficient (Wildman–Crippen LogP) is -6.95. The van der Waals surface area contributed by atoms with Crippen molar-refractivity contribution in [2.45, 2.75) is 0 Å². The topological polar surface area (TPSA) is 196 Å². The fourth-order valence-electron chi connectivity index (χ4n) is 0. The van der Waals surface area contributed by atoms with Crippen molar-refractivity contribution in [3.8, 4) is 0 Å². The summed E-state index contributed by atoms with van der Waals surface area (Å²) in [7, 11) is 0. The van der Waals surface area contributed by atoms with Gasteiger partial charge in [0.15, 0.2) is 0 Å². The second kappa shape index (κ2) is 83.3. The largest absolute Gasteiger partial charge is 4.00 e. The molecule has 8 N–H and O–H groups in total. The van der Waals surface area contributed by atoms with Crippen LogP contribution >= 0.6 is 0 Å². The molecule has 9 heteroatoms. The Hall–Kier alpha value is 0.394. The molecule has 0 rings (SSSR count). The van der Waals surface area contributed by atoms with Crippen LogP contribution < -0.4 is 43.4 Å². The quantitative estimate of drug-likeness (QED) is 0.233. The van der Waals surface area contributed by atoms with Crippen molar-refractivity contribution in [3.63, 3.8) is 0 Å². The van der Waals surface area contributed by atoms with Crippen LogP contribution in [-0.2, 0) is 21.7 Å². The van der Waals surface area contributed by atoms with Gasteiger partial charge in [0.05, 0.1) is 0 Å². The Morgan fingerprint density at radius 3 is 0.538 bits per heavy atom. The smallest absolute Gasteiger partial charge is 0.843 e. The van der Waals surface area contributed by atoms with Gasteiger partial charge in [0.2, 0.25) is 0 Å². The molecule has 0 bridgehead atoms. The average Bonchev–Trinajstić information content (AvgIpc) is 1.92. The van der Waals surface area contributed by atoms with Crippen molar-refractivity contribution < 1.29 is 42.1 Å². The third-order valence-corrected chi connectivity index (χ3v) is 0. The van der Waals surface area contributed by atoms with Gasteiger partial charge in [-0.15, -0.1) is 0 Å². The fraction of sp³-hybridized carbons (Fsp3) is 1.00. The van der Waals surface area contributed by atoms with E-state index in [0.29, 0.717) is 0 Å². The standard InChI is InChI=1S/4CH4NO.Ti/c4*2-1-3;/h4*1-2H2;/q4*-1;+4. The minimum Gasteiger partial charge on any atom is -0.843 e. The molecule has 0 aliphatic carbocycles. The summed E-state index contributed by atoms with van der Waals surface area (Å²) in [5.74, 6) is 0. The Morgan fingerprint density at radius 1 is 0.538 bits per heavy atom. The molecule has 0 aromatic rings.